The minimum atomic E-state index is 0.915. The highest BCUT2D eigenvalue weighted by Crippen LogP contribution is 2.22. The Hall–Kier alpha value is -1.26. The van der Waals surface area contributed by atoms with E-state index in [9.17, 15) is 0 Å². The summed E-state index contributed by atoms with van der Waals surface area (Å²) in [5.74, 6) is 0.915. The van der Waals surface area contributed by atoms with Crippen LogP contribution in [-0.4, -0.2) is 62.7 Å². The largest absolute Gasteiger partial charge is 0.495 e. The van der Waals surface area contributed by atoms with Gasteiger partial charge in [-0.15, -0.1) is 0 Å². The third kappa shape index (κ3) is 4.11. The molecule has 0 atom stereocenters. The van der Waals surface area contributed by atoms with Crippen LogP contribution in [0.5, 0.6) is 5.75 Å². The van der Waals surface area contributed by atoms with Crippen molar-refractivity contribution in [3.8, 4) is 5.75 Å². The second-order valence-corrected chi connectivity index (χ2v) is 4.90. The molecule has 0 unspecified atom stereocenters. The molecule has 0 aromatic heterocycles. The first-order valence-corrected chi connectivity index (χ1v) is 7.15. The monoisotopic (exact) mass is 263 g/mol. The lowest BCUT2D eigenvalue weighted by molar-refractivity contribution is 0.141. The van der Waals surface area contributed by atoms with Gasteiger partial charge in [0.25, 0.3) is 0 Å². The van der Waals surface area contributed by atoms with E-state index < -0.39 is 0 Å². The van der Waals surface area contributed by atoms with Gasteiger partial charge in [0.2, 0.25) is 0 Å². The molecule has 1 aromatic rings. The van der Waals surface area contributed by atoms with E-state index in [1.807, 2.05) is 18.2 Å². The van der Waals surface area contributed by atoms with E-state index in [1.165, 1.54) is 32.7 Å². The van der Waals surface area contributed by atoms with Crippen molar-refractivity contribution >= 4 is 5.69 Å². The summed E-state index contributed by atoms with van der Waals surface area (Å²) in [4.78, 5) is 5.03. The highest BCUT2D eigenvalue weighted by molar-refractivity contribution is 5.56. The first-order valence-electron chi connectivity index (χ1n) is 7.15. The van der Waals surface area contributed by atoms with E-state index in [4.69, 9.17) is 4.74 Å². The van der Waals surface area contributed by atoms with Crippen molar-refractivity contribution in [2.45, 2.75) is 6.92 Å². The maximum Gasteiger partial charge on any atom is 0.141 e. The number of nitrogens with one attached hydrogen (secondary N) is 1. The second kappa shape index (κ2) is 7.36. The molecule has 0 aliphatic carbocycles. The van der Waals surface area contributed by atoms with Crippen molar-refractivity contribution in [3.63, 3.8) is 0 Å². The Kier molecular flexibility index (Phi) is 5.48. The summed E-state index contributed by atoms with van der Waals surface area (Å²) >= 11 is 0. The van der Waals surface area contributed by atoms with Crippen LogP contribution in [0.3, 0.4) is 0 Å². The van der Waals surface area contributed by atoms with Crippen molar-refractivity contribution in [2.24, 2.45) is 0 Å². The van der Waals surface area contributed by atoms with Crippen LogP contribution in [0.15, 0.2) is 24.3 Å². The average molecular weight is 263 g/mol. The average Bonchev–Trinajstić information content (AvgIpc) is 2.48. The Morgan fingerprint density at radius 1 is 1.11 bits per heavy atom. The molecule has 19 heavy (non-hydrogen) atoms. The molecule has 1 saturated heterocycles. The Balaban J connectivity index is 1.72. The maximum atomic E-state index is 5.33. The third-order valence-electron chi connectivity index (χ3n) is 3.76. The van der Waals surface area contributed by atoms with Gasteiger partial charge >= 0.3 is 0 Å². The lowest BCUT2D eigenvalue weighted by Gasteiger charge is -2.34. The van der Waals surface area contributed by atoms with Crippen LogP contribution in [0, 0.1) is 0 Å². The zero-order chi connectivity index (χ0) is 13.5. The molecule has 0 spiro atoms. The molecule has 2 rings (SSSR count). The van der Waals surface area contributed by atoms with Crippen molar-refractivity contribution < 1.29 is 4.74 Å². The molecule has 4 nitrogen and oxygen atoms in total. The van der Waals surface area contributed by atoms with Crippen molar-refractivity contribution in [3.05, 3.63) is 24.3 Å². The van der Waals surface area contributed by atoms with Gasteiger partial charge in [-0.2, -0.15) is 0 Å². The molecule has 106 valence electrons. The summed E-state index contributed by atoms with van der Waals surface area (Å²) in [5.41, 5.74) is 1.08. The van der Waals surface area contributed by atoms with E-state index in [0.29, 0.717) is 0 Å². The van der Waals surface area contributed by atoms with Crippen LogP contribution in [0.1, 0.15) is 6.92 Å². The highest BCUT2D eigenvalue weighted by Gasteiger charge is 2.14. The van der Waals surface area contributed by atoms with Gasteiger partial charge in [-0.05, 0) is 18.7 Å². The molecular weight excluding hydrogens is 238 g/mol. The first-order chi connectivity index (χ1) is 9.33. The fourth-order valence-electron chi connectivity index (χ4n) is 2.47. The predicted molar refractivity (Wildman–Crippen MR) is 80.0 cm³/mol. The molecule has 0 radical (unpaired) electrons. The number of hydrogen-bond donors (Lipinski definition) is 1. The van der Waals surface area contributed by atoms with Gasteiger partial charge in [0.1, 0.15) is 5.75 Å². The molecular formula is C15H25N3O. The number of likely N-dealkylation sites (N-methyl/N-ethyl adjacent to an activating group) is 1. The normalized spacial score (nSPS) is 17.4. The fraction of sp³-hybridized carbons (Fsp3) is 0.600. The van der Waals surface area contributed by atoms with Gasteiger partial charge in [-0.25, -0.2) is 0 Å². The molecule has 1 aliphatic heterocycles. The van der Waals surface area contributed by atoms with E-state index in [-0.39, 0.29) is 0 Å². The zero-order valence-electron chi connectivity index (χ0n) is 12.1. The van der Waals surface area contributed by atoms with Crippen molar-refractivity contribution in [1.29, 1.82) is 0 Å². The number of piperazine rings is 1. The molecule has 0 bridgehead atoms. The molecule has 0 amide bonds. The summed E-state index contributed by atoms with van der Waals surface area (Å²) in [6.07, 6.45) is 0. The first kappa shape index (κ1) is 14.2. The van der Waals surface area contributed by atoms with E-state index in [0.717, 1.165) is 24.5 Å². The van der Waals surface area contributed by atoms with Gasteiger partial charge in [0.15, 0.2) is 0 Å². The summed E-state index contributed by atoms with van der Waals surface area (Å²) in [6.45, 7) is 10.2. The number of anilines is 1. The SMILES string of the molecule is CCN1CCN(CCNc2ccccc2OC)CC1. The van der Waals surface area contributed by atoms with Crippen LogP contribution in [0.25, 0.3) is 0 Å². The van der Waals surface area contributed by atoms with Crippen LogP contribution < -0.4 is 10.1 Å². The second-order valence-electron chi connectivity index (χ2n) is 4.90. The molecule has 1 aromatic carbocycles. The Labute approximate surface area is 116 Å². The molecule has 0 saturated carbocycles. The number of rotatable bonds is 6. The third-order valence-corrected chi connectivity index (χ3v) is 3.76. The number of nitrogens with zero attached hydrogens (tertiary/aromatic N) is 2. The van der Waals surface area contributed by atoms with Crippen LogP contribution in [-0.2, 0) is 0 Å². The summed E-state index contributed by atoms with van der Waals surface area (Å²) in [5, 5.41) is 3.46. The summed E-state index contributed by atoms with van der Waals surface area (Å²) < 4.78 is 5.33. The van der Waals surface area contributed by atoms with Crippen LogP contribution >= 0.6 is 0 Å². The summed E-state index contributed by atoms with van der Waals surface area (Å²) in [6, 6.07) is 8.08. The van der Waals surface area contributed by atoms with Gasteiger partial charge in [0.05, 0.1) is 12.8 Å². The minimum absolute atomic E-state index is 0.915. The molecule has 1 aliphatic rings. The van der Waals surface area contributed by atoms with Crippen molar-refractivity contribution in [2.75, 3.05) is 58.2 Å². The van der Waals surface area contributed by atoms with Crippen LogP contribution in [0.4, 0.5) is 5.69 Å². The zero-order valence-corrected chi connectivity index (χ0v) is 12.1. The number of para-hydroxylation sites is 2. The number of ether oxygens (including phenoxy) is 1. The van der Waals surface area contributed by atoms with E-state index in [2.05, 4.69) is 28.1 Å². The quantitative estimate of drug-likeness (QED) is 0.846. The summed E-state index contributed by atoms with van der Waals surface area (Å²) in [7, 11) is 1.71. The molecule has 4 heteroatoms. The predicted octanol–water partition coefficient (Wildman–Crippen LogP) is 1.74. The number of benzene rings is 1. The highest BCUT2D eigenvalue weighted by atomic mass is 16.5. The smallest absolute Gasteiger partial charge is 0.141 e. The standard InChI is InChI=1S/C15H25N3O/c1-3-17-10-12-18(13-11-17)9-8-16-14-6-4-5-7-15(14)19-2/h4-7,16H,3,8-13H2,1-2H3. The Morgan fingerprint density at radius 2 is 1.79 bits per heavy atom. The lowest BCUT2D eigenvalue weighted by atomic mass is 10.3. The lowest BCUT2D eigenvalue weighted by Crippen LogP contribution is -2.47. The Bertz CT molecular complexity index is 375. The maximum absolute atomic E-state index is 5.33. The fourth-order valence-corrected chi connectivity index (χ4v) is 2.47. The number of methoxy groups -OCH3 is 1. The topological polar surface area (TPSA) is 27.7 Å². The van der Waals surface area contributed by atoms with E-state index >= 15 is 0 Å². The van der Waals surface area contributed by atoms with Gasteiger partial charge in [-0.1, -0.05) is 19.1 Å². The van der Waals surface area contributed by atoms with Gasteiger partial charge in [-0.3, -0.25) is 4.90 Å². The number of hydrogen-bond acceptors (Lipinski definition) is 4. The van der Waals surface area contributed by atoms with Crippen molar-refractivity contribution in [1.82, 2.24) is 9.80 Å². The van der Waals surface area contributed by atoms with E-state index in [1.54, 1.807) is 7.11 Å². The minimum Gasteiger partial charge on any atom is -0.495 e. The molecule has 1 heterocycles. The molecule has 1 N–H and O–H groups in total. The van der Waals surface area contributed by atoms with Gasteiger partial charge in [0, 0.05) is 39.3 Å². The van der Waals surface area contributed by atoms with Crippen LogP contribution in [0.2, 0.25) is 0 Å². The molecule has 1 fully saturated rings. The van der Waals surface area contributed by atoms with Gasteiger partial charge < -0.3 is 15.0 Å². The Morgan fingerprint density at radius 3 is 2.47 bits per heavy atom.